The van der Waals surface area contributed by atoms with Crippen LogP contribution in [0.1, 0.15) is 15.9 Å². The van der Waals surface area contributed by atoms with Gasteiger partial charge in [-0.15, -0.1) is 5.10 Å². The number of nitro benzene ring substituents is 1. The van der Waals surface area contributed by atoms with Crippen LogP contribution in [0.3, 0.4) is 0 Å². The number of nitrogens with zero attached hydrogens (tertiary/aromatic N) is 3. The van der Waals surface area contributed by atoms with Crippen LogP contribution in [0, 0.1) is 17.0 Å². The zero-order valence-electron chi connectivity index (χ0n) is 13.3. The van der Waals surface area contributed by atoms with Gasteiger partial charge in [-0.1, -0.05) is 54.2 Å². The van der Waals surface area contributed by atoms with E-state index in [1.165, 1.54) is 17.8 Å². The molecule has 1 N–H and O–H groups in total. The summed E-state index contributed by atoms with van der Waals surface area (Å²) in [4.78, 5) is 27.1. The number of rotatable bonds is 6. The molecule has 0 bridgehead atoms. The van der Waals surface area contributed by atoms with Crippen LogP contribution in [0.15, 0.2) is 53.7 Å². The minimum Gasteiger partial charge on any atom is -0.293 e. The molecule has 0 atom stereocenters. The monoisotopic (exact) mass is 354 g/mol. The minimum atomic E-state index is -0.485. The Kier molecular flexibility index (Phi) is 4.90. The maximum absolute atomic E-state index is 12.3. The first-order valence-electron chi connectivity index (χ1n) is 7.43. The number of thioether (sulfide) groups is 1. The van der Waals surface area contributed by atoms with Gasteiger partial charge in [-0.05, 0) is 6.92 Å². The molecule has 0 aliphatic carbocycles. The largest absolute Gasteiger partial charge is 0.293 e. The van der Waals surface area contributed by atoms with Crippen molar-refractivity contribution in [1.29, 1.82) is 0 Å². The number of ketones is 1. The normalized spacial score (nSPS) is 10.6. The van der Waals surface area contributed by atoms with E-state index >= 15 is 0 Å². The van der Waals surface area contributed by atoms with Crippen molar-refractivity contribution in [3.05, 3.63) is 69.8 Å². The molecule has 0 amide bonds. The Morgan fingerprint density at radius 2 is 2.00 bits per heavy atom. The number of Topliss-reactive ketones (excluding diaryl/α,β-unsaturated/α-hetero) is 1. The predicted octanol–water partition coefficient (Wildman–Crippen LogP) is 3.66. The van der Waals surface area contributed by atoms with Gasteiger partial charge in [-0.3, -0.25) is 20.0 Å². The number of aromatic amines is 1. The molecule has 0 unspecified atom stereocenters. The Hall–Kier alpha value is -3.00. The van der Waals surface area contributed by atoms with E-state index in [0.29, 0.717) is 22.1 Å². The van der Waals surface area contributed by atoms with Crippen molar-refractivity contribution in [2.45, 2.75) is 12.1 Å². The fraction of sp³-hybridized carbons (Fsp3) is 0.118. The minimum absolute atomic E-state index is 0.0555. The molecule has 25 heavy (non-hydrogen) atoms. The van der Waals surface area contributed by atoms with Crippen LogP contribution in [0.2, 0.25) is 0 Å². The molecule has 0 saturated carbocycles. The molecule has 7 nitrogen and oxygen atoms in total. The van der Waals surface area contributed by atoms with Crippen molar-refractivity contribution in [2.75, 3.05) is 5.75 Å². The third-order valence-electron chi connectivity index (χ3n) is 3.57. The predicted molar refractivity (Wildman–Crippen MR) is 94.7 cm³/mol. The Bertz CT molecular complexity index is 925. The quantitative estimate of drug-likeness (QED) is 0.314. The highest BCUT2D eigenvalue weighted by molar-refractivity contribution is 7.99. The molecule has 0 radical (unpaired) electrons. The third kappa shape index (κ3) is 3.92. The van der Waals surface area contributed by atoms with Crippen molar-refractivity contribution in [3.63, 3.8) is 0 Å². The Balaban J connectivity index is 1.68. The molecule has 3 aromatic rings. The number of carbonyl (C=O) groups is 1. The first-order valence-corrected chi connectivity index (χ1v) is 8.42. The SMILES string of the molecule is Cc1ccc(C(=O)CSc2n[nH]c(-c3ccccc3)n2)cc1[N+](=O)[O-]. The zero-order chi connectivity index (χ0) is 17.8. The number of hydrogen-bond donors (Lipinski definition) is 1. The van der Waals surface area contributed by atoms with Crippen LogP contribution in [0.4, 0.5) is 5.69 Å². The number of aromatic nitrogens is 3. The van der Waals surface area contributed by atoms with Gasteiger partial charge in [0.1, 0.15) is 0 Å². The summed E-state index contributed by atoms with van der Waals surface area (Å²) in [6.07, 6.45) is 0. The topological polar surface area (TPSA) is 102 Å². The van der Waals surface area contributed by atoms with Crippen molar-refractivity contribution in [2.24, 2.45) is 0 Å². The highest BCUT2D eigenvalue weighted by Gasteiger charge is 2.16. The van der Waals surface area contributed by atoms with Gasteiger partial charge in [0.25, 0.3) is 5.69 Å². The Morgan fingerprint density at radius 3 is 2.72 bits per heavy atom. The number of hydrogen-bond acceptors (Lipinski definition) is 6. The summed E-state index contributed by atoms with van der Waals surface area (Å²) in [5.74, 6) is 0.521. The van der Waals surface area contributed by atoms with E-state index in [1.807, 2.05) is 30.3 Å². The molecule has 0 spiro atoms. The van der Waals surface area contributed by atoms with Crippen molar-refractivity contribution >= 4 is 23.2 Å². The number of aryl methyl sites for hydroxylation is 1. The van der Waals surface area contributed by atoms with Gasteiger partial charge in [-0.2, -0.15) is 0 Å². The van der Waals surface area contributed by atoms with E-state index in [2.05, 4.69) is 15.2 Å². The number of nitrogens with one attached hydrogen (secondary N) is 1. The van der Waals surface area contributed by atoms with Gasteiger partial charge in [0, 0.05) is 22.8 Å². The molecule has 126 valence electrons. The second-order valence-electron chi connectivity index (χ2n) is 5.30. The summed E-state index contributed by atoms with van der Waals surface area (Å²) in [6.45, 7) is 1.64. The summed E-state index contributed by atoms with van der Waals surface area (Å²) in [7, 11) is 0. The number of benzene rings is 2. The highest BCUT2D eigenvalue weighted by atomic mass is 32.2. The van der Waals surface area contributed by atoms with Crippen molar-refractivity contribution in [1.82, 2.24) is 15.2 Å². The molecular formula is C17H14N4O3S. The molecule has 2 aromatic carbocycles. The lowest BCUT2D eigenvalue weighted by atomic mass is 10.1. The van der Waals surface area contributed by atoms with E-state index in [9.17, 15) is 14.9 Å². The van der Waals surface area contributed by atoms with Gasteiger partial charge < -0.3 is 0 Å². The van der Waals surface area contributed by atoms with E-state index in [-0.39, 0.29) is 17.2 Å². The first-order chi connectivity index (χ1) is 12.0. The van der Waals surface area contributed by atoms with Gasteiger partial charge in [-0.25, -0.2) is 4.98 Å². The molecular weight excluding hydrogens is 340 g/mol. The summed E-state index contributed by atoms with van der Waals surface area (Å²) in [5, 5.41) is 18.3. The van der Waals surface area contributed by atoms with Gasteiger partial charge in [0.15, 0.2) is 11.6 Å². The maximum atomic E-state index is 12.3. The average Bonchev–Trinajstić information content (AvgIpc) is 3.09. The first kappa shape index (κ1) is 16.8. The molecule has 3 rings (SSSR count). The van der Waals surface area contributed by atoms with Crippen LogP contribution in [0.5, 0.6) is 0 Å². The third-order valence-corrected chi connectivity index (χ3v) is 4.42. The van der Waals surface area contributed by atoms with Crippen LogP contribution in [-0.2, 0) is 0 Å². The van der Waals surface area contributed by atoms with Crippen molar-refractivity contribution < 1.29 is 9.72 Å². The lowest BCUT2D eigenvalue weighted by Gasteiger charge is -2.01. The molecule has 0 aliphatic heterocycles. The second-order valence-corrected chi connectivity index (χ2v) is 6.25. The standard InChI is InChI=1S/C17H14N4O3S/c1-11-7-8-13(9-14(11)21(23)24)15(22)10-25-17-18-16(19-20-17)12-5-3-2-4-6-12/h2-9H,10H2,1H3,(H,18,19,20). The Labute approximate surface area is 147 Å². The van der Waals surface area contributed by atoms with E-state index in [0.717, 1.165) is 5.56 Å². The van der Waals surface area contributed by atoms with Gasteiger partial charge in [0.2, 0.25) is 5.16 Å². The molecule has 1 heterocycles. The average molecular weight is 354 g/mol. The van der Waals surface area contributed by atoms with Crippen molar-refractivity contribution in [3.8, 4) is 11.4 Å². The summed E-state index contributed by atoms with van der Waals surface area (Å²) < 4.78 is 0. The fourth-order valence-electron chi connectivity index (χ4n) is 2.23. The molecule has 1 aromatic heterocycles. The van der Waals surface area contributed by atoms with Crippen LogP contribution >= 0.6 is 11.8 Å². The summed E-state index contributed by atoms with van der Waals surface area (Å²) in [6, 6.07) is 14.0. The molecule has 0 fully saturated rings. The number of H-pyrrole nitrogens is 1. The van der Waals surface area contributed by atoms with E-state index in [1.54, 1.807) is 19.1 Å². The number of carbonyl (C=O) groups excluding carboxylic acids is 1. The highest BCUT2D eigenvalue weighted by Crippen LogP contribution is 2.22. The summed E-state index contributed by atoms with van der Waals surface area (Å²) in [5.41, 5.74) is 1.68. The summed E-state index contributed by atoms with van der Waals surface area (Å²) >= 11 is 1.18. The van der Waals surface area contributed by atoms with Gasteiger partial charge >= 0.3 is 0 Å². The van der Waals surface area contributed by atoms with Crippen LogP contribution < -0.4 is 0 Å². The molecule has 0 saturated heterocycles. The Morgan fingerprint density at radius 1 is 1.24 bits per heavy atom. The molecule has 8 heteroatoms. The fourth-order valence-corrected chi connectivity index (χ4v) is 2.92. The van der Waals surface area contributed by atoms with E-state index < -0.39 is 4.92 Å². The van der Waals surface area contributed by atoms with E-state index in [4.69, 9.17) is 0 Å². The maximum Gasteiger partial charge on any atom is 0.273 e. The smallest absolute Gasteiger partial charge is 0.273 e. The van der Waals surface area contributed by atoms with Crippen LogP contribution in [-0.4, -0.2) is 31.6 Å². The second kappa shape index (κ2) is 7.27. The zero-order valence-corrected chi connectivity index (χ0v) is 14.1. The van der Waals surface area contributed by atoms with Crippen LogP contribution in [0.25, 0.3) is 11.4 Å². The van der Waals surface area contributed by atoms with Gasteiger partial charge in [0.05, 0.1) is 10.7 Å². The molecule has 0 aliphatic rings. The lowest BCUT2D eigenvalue weighted by molar-refractivity contribution is -0.385. The number of nitro groups is 1. The lowest BCUT2D eigenvalue weighted by Crippen LogP contribution is -2.04.